The van der Waals surface area contributed by atoms with Gasteiger partial charge in [0.05, 0.1) is 19.8 Å². The van der Waals surface area contributed by atoms with Crippen molar-refractivity contribution >= 4 is 11.5 Å². The monoisotopic (exact) mass is 405 g/mol. The first-order valence-electron chi connectivity index (χ1n) is 9.14. The number of amides is 1. The summed E-state index contributed by atoms with van der Waals surface area (Å²) in [4.78, 5) is 12.5. The second-order valence-corrected chi connectivity index (χ2v) is 6.34. The first-order valence-corrected chi connectivity index (χ1v) is 9.14. The van der Waals surface area contributed by atoms with E-state index in [0.29, 0.717) is 36.4 Å². The van der Waals surface area contributed by atoms with Crippen molar-refractivity contribution in [1.82, 2.24) is 5.32 Å². The Morgan fingerprint density at radius 3 is 2.38 bits per heavy atom. The van der Waals surface area contributed by atoms with Gasteiger partial charge in [-0.3, -0.25) is 4.79 Å². The summed E-state index contributed by atoms with van der Waals surface area (Å²) in [7, 11) is 3.15. The summed E-state index contributed by atoms with van der Waals surface area (Å²) in [5, 5.41) is 2.75. The van der Waals surface area contributed by atoms with Crippen LogP contribution >= 0.6 is 0 Å². The molecule has 5 nitrogen and oxygen atoms in total. The number of ether oxygens (including phenoxy) is 3. The van der Waals surface area contributed by atoms with Crippen LogP contribution in [0.25, 0.3) is 5.57 Å². The highest BCUT2D eigenvalue weighted by atomic mass is 19.3. The van der Waals surface area contributed by atoms with Crippen LogP contribution in [0.15, 0.2) is 48.7 Å². The van der Waals surface area contributed by atoms with Crippen molar-refractivity contribution < 1.29 is 27.8 Å². The van der Waals surface area contributed by atoms with Crippen LogP contribution in [0.4, 0.5) is 8.78 Å². The lowest BCUT2D eigenvalue weighted by Crippen LogP contribution is -2.26. The second-order valence-electron chi connectivity index (χ2n) is 6.34. The van der Waals surface area contributed by atoms with E-state index in [9.17, 15) is 13.6 Å². The number of aryl methyl sites for hydroxylation is 2. The number of carbonyl (C=O) groups excluding carboxylic acids is 1. The molecule has 1 N–H and O–H groups in total. The molecule has 156 valence electrons. The highest BCUT2D eigenvalue weighted by Gasteiger charge is 2.14. The number of hydrogen-bond donors (Lipinski definition) is 1. The Bertz CT molecular complexity index is 835. The van der Waals surface area contributed by atoms with Gasteiger partial charge in [-0.2, -0.15) is 8.78 Å². The molecule has 7 heteroatoms. The normalized spacial score (nSPS) is 11.3. The number of rotatable bonds is 10. The van der Waals surface area contributed by atoms with Crippen molar-refractivity contribution in [3.63, 3.8) is 0 Å². The van der Waals surface area contributed by atoms with Gasteiger partial charge >= 0.3 is 6.61 Å². The molecule has 1 amide bonds. The predicted molar refractivity (Wildman–Crippen MR) is 107 cm³/mol. The Morgan fingerprint density at radius 1 is 1.07 bits per heavy atom. The molecule has 0 radical (unpaired) electrons. The molecule has 0 aromatic heterocycles. The van der Waals surface area contributed by atoms with Gasteiger partial charge in [-0.1, -0.05) is 35.9 Å². The molecule has 0 saturated heterocycles. The summed E-state index contributed by atoms with van der Waals surface area (Å²) >= 11 is 0. The summed E-state index contributed by atoms with van der Waals surface area (Å²) in [6, 6.07) is 12.6. The Balaban J connectivity index is 1.96. The molecule has 0 aliphatic carbocycles. The fourth-order valence-corrected chi connectivity index (χ4v) is 2.73. The Hall–Kier alpha value is -3.09. The predicted octanol–water partition coefficient (Wildman–Crippen LogP) is 4.34. The smallest absolute Gasteiger partial charge is 0.386 e. The summed E-state index contributed by atoms with van der Waals surface area (Å²) in [6.07, 6.45) is 2.18. The van der Waals surface area contributed by atoms with E-state index >= 15 is 0 Å². The molecule has 2 rings (SSSR count). The van der Waals surface area contributed by atoms with E-state index in [0.717, 1.165) is 17.4 Å². The number of benzene rings is 2. The average molecular weight is 405 g/mol. The second kappa shape index (κ2) is 11.0. The third-order valence-corrected chi connectivity index (χ3v) is 4.27. The first-order chi connectivity index (χ1) is 13.9. The van der Waals surface area contributed by atoms with Crippen molar-refractivity contribution in [3.8, 4) is 11.5 Å². The molecule has 2 aromatic rings. The summed E-state index contributed by atoms with van der Waals surface area (Å²) < 4.78 is 39.6. The molecule has 0 fully saturated rings. The van der Waals surface area contributed by atoms with Crippen LogP contribution < -0.4 is 14.8 Å². The number of methoxy groups -OCH3 is 2. The maximum atomic E-state index is 12.5. The third-order valence-electron chi connectivity index (χ3n) is 4.27. The van der Waals surface area contributed by atoms with Gasteiger partial charge < -0.3 is 19.5 Å². The van der Waals surface area contributed by atoms with E-state index in [1.165, 1.54) is 0 Å². The number of hydrogen-bond acceptors (Lipinski definition) is 4. The zero-order chi connectivity index (χ0) is 21.2. The van der Waals surface area contributed by atoms with E-state index in [1.807, 2.05) is 25.1 Å². The van der Waals surface area contributed by atoms with Crippen LogP contribution in [-0.2, 0) is 16.0 Å². The van der Waals surface area contributed by atoms with Crippen molar-refractivity contribution in [1.29, 1.82) is 0 Å². The quantitative estimate of drug-likeness (QED) is 0.363. The number of carbonyl (C=O) groups is 1. The van der Waals surface area contributed by atoms with Gasteiger partial charge in [0, 0.05) is 6.54 Å². The van der Waals surface area contributed by atoms with Gasteiger partial charge in [0.2, 0.25) is 0 Å². The van der Waals surface area contributed by atoms with Crippen LogP contribution in [0.3, 0.4) is 0 Å². The largest absolute Gasteiger partial charge is 0.493 e. The van der Waals surface area contributed by atoms with Gasteiger partial charge in [-0.25, -0.2) is 0 Å². The van der Waals surface area contributed by atoms with Crippen molar-refractivity contribution in [2.45, 2.75) is 26.4 Å². The van der Waals surface area contributed by atoms with Crippen LogP contribution in [0.1, 0.15) is 23.1 Å². The molecule has 0 aliphatic rings. The molecule has 0 spiro atoms. The lowest BCUT2D eigenvalue weighted by atomic mass is 10.0. The van der Waals surface area contributed by atoms with Crippen LogP contribution in [-0.4, -0.2) is 33.3 Å². The van der Waals surface area contributed by atoms with E-state index in [4.69, 9.17) is 9.47 Å². The summed E-state index contributed by atoms with van der Waals surface area (Å²) in [5.74, 6) is 0.820. The number of halogens is 2. The maximum Gasteiger partial charge on any atom is 0.386 e. The zero-order valence-corrected chi connectivity index (χ0v) is 16.7. The van der Waals surface area contributed by atoms with E-state index in [2.05, 4.69) is 10.1 Å². The SMILES string of the molecule is COc1ccc(CCCNC(=O)/C(=C/OC(F)F)c2ccc(C)cc2)cc1OC. The fourth-order valence-electron chi connectivity index (χ4n) is 2.73. The molecule has 0 aliphatic heterocycles. The van der Waals surface area contributed by atoms with Crippen LogP contribution in [0.2, 0.25) is 0 Å². The molecule has 0 atom stereocenters. The van der Waals surface area contributed by atoms with Crippen molar-refractivity contribution in [2.75, 3.05) is 20.8 Å². The van der Waals surface area contributed by atoms with Gasteiger partial charge in [-0.05, 0) is 43.0 Å². The molecule has 0 unspecified atom stereocenters. The minimum absolute atomic E-state index is 0.0522. The lowest BCUT2D eigenvalue weighted by molar-refractivity contribution is -0.116. The highest BCUT2D eigenvalue weighted by molar-refractivity contribution is 6.19. The Kier molecular flexibility index (Phi) is 8.45. The van der Waals surface area contributed by atoms with Gasteiger partial charge in [0.15, 0.2) is 11.5 Å². The molecule has 0 heterocycles. The minimum atomic E-state index is -2.99. The van der Waals surface area contributed by atoms with Gasteiger partial charge in [0.1, 0.15) is 6.26 Å². The van der Waals surface area contributed by atoms with Crippen molar-refractivity contribution in [2.24, 2.45) is 0 Å². The Labute approximate surface area is 169 Å². The standard InChI is InChI=1S/C22H25F2NO4/c1-15-6-9-17(10-7-15)18(14-29-22(23)24)21(26)25-12-4-5-16-8-11-19(27-2)20(13-16)28-3/h6-11,13-14,22H,4-5,12H2,1-3H3,(H,25,26)/b18-14+. The molecule has 2 aromatic carbocycles. The van der Waals surface area contributed by atoms with Gasteiger partial charge in [-0.15, -0.1) is 0 Å². The van der Waals surface area contributed by atoms with Crippen LogP contribution in [0, 0.1) is 6.92 Å². The minimum Gasteiger partial charge on any atom is -0.493 e. The molecular weight excluding hydrogens is 380 g/mol. The highest BCUT2D eigenvalue weighted by Crippen LogP contribution is 2.27. The summed E-state index contributed by atoms with van der Waals surface area (Å²) in [5.41, 5.74) is 2.59. The Morgan fingerprint density at radius 2 is 1.76 bits per heavy atom. The summed E-state index contributed by atoms with van der Waals surface area (Å²) in [6.45, 7) is -0.712. The third kappa shape index (κ3) is 6.78. The lowest BCUT2D eigenvalue weighted by Gasteiger charge is -2.11. The molecule has 0 bridgehead atoms. The molecule has 29 heavy (non-hydrogen) atoms. The van der Waals surface area contributed by atoms with Crippen molar-refractivity contribution in [3.05, 3.63) is 65.4 Å². The van der Waals surface area contributed by atoms with E-state index < -0.39 is 12.5 Å². The zero-order valence-electron chi connectivity index (χ0n) is 16.7. The molecule has 0 saturated carbocycles. The van der Waals surface area contributed by atoms with E-state index in [-0.39, 0.29) is 5.57 Å². The number of nitrogens with one attached hydrogen (secondary N) is 1. The van der Waals surface area contributed by atoms with E-state index in [1.54, 1.807) is 38.5 Å². The average Bonchev–Trinajstić information content (AvgIpc) is 2.72. The first kappa shape index (κ1) is 22.2. The van der Waals surface area contributed by atoms with Gasteiger partial charge in [0.25, 0.3) is 5.91 Å². The number of alkyl halides is 2. The van der Waals surface area contributed by atoms with Crippen LogP contribution in [0.5, 0.6) is 11.5 Å². The topological polar surface area (TPSA) is 56.8 Å². The maximum absolute atomic E-state index is 12.5. The fraction of sp³-hybridized carbons (Fsp3) is 0.318. The molecular formula is C22H25F2NO4.